The lowest BCUT2D eigenvalue weighted by Gasteiger charge is -2.12. The number of anilines is 2. The summed E-state index contributed by atoms with van der Waals surface area (Å²) in [7, 11) is -4.04. The van der Waals surface area contributed by atoms with Gasteiger partial charge in [0, 0.05) is 16.9 Å². The van der Waals surface area contributed by atoms with Crippen LogP contribution in [0.2, 0.25) is 4.34 Å². The van der Waals surface area contributed by atoms with Gasteiger partial charge in [-0.1, -0.05) is 17.7 Å². The summed E-state index contributed by atoms with van der Waals surface area (Å²) in [4.78, 5) is 24.3. The molecule has 0 saturated carbocycles. The Bertz CT molecular complexity index is 1230. The van der Waals surface area contributed by atoms with E-state index in [1.807, 2.05) is 4.72 Å². The highest BCUT2D eigenvalue weighted by atomic mass is 35.5. The van der Waals surface area contributed by atoms with Crippen molar-refractivity contribution in [1.29, 1.82) is 0 Å². The molecule has 0 spiro atoms. The maximum absolute atomic E-state index is 13.3. The summed E-state index contributed by atoms with van der Waals surface area (Å²) in [5.41, 5.74) is 1.53. The number of nitrogens with one attached hydrogen (secondary N) is 3. The second-order valence-electron chi connectivity index (χ2n) is 6.11. The van der Waals surface area contributed by atoms with Crippen LogP contribution in [0.4, 0.5) is 20.6 Å². The molecule has 0 bridgehead atoms. The minimum absolute atomic E-state index is 0.0887. The van der Waals surface area contributed by atoms with E-state index < -0.39 is 27.8 Å². The molecule has 3 rings (SSSR count). The molecule has 3 amide bonds. The van der Waals surface area contributed by atoms with Crippen molar-refractivity contribution >= 4 is 56.3 Å². The number of hydrogen-bond donors (Lipinski definition) is 3. The first-order valence-electron chi connectivity index (χ1n) is 8.41. The van der Waals surface area contributed by atoms with Gasteiger partial charge in [-0.25, -0.2) is 22.3 Å². The summed E-state index contributed by atoms with van der Waals surface area (Å²) in [5.74, 6) is -1.01. The van der Waals surface area contributed by atoms with Crippen LogP contribution in [0.5, 0.6) is 0 Å². The Balaban J connectivity index is 1.66. The quantitative estimate of drug-likeness (QED) is 0.509. The summed E-state index contributed by atoms with van der Waals surface area (Å²) in [6.45, 7) is 1.69. The number of aryl methyl sites for hydroxylation is 1. The van der Waals surface area contributed by atoms with E-state index in [-0.39, 0.29) is 14.1 Å². The molecule has 3 aromatic rings. The van der Waals surface area contributed by atoms with Gasteiger partial charge in [-0.05, 0) is 61.0 Å². The van der Waals surface area contributed by atoms with Gasteiger partial charge in [-0.3, -0.25) is 4.79 Å². The summed E-state index contributed by atoms with van der Waals surface area (Å²) >= 11 is 6.55. The Hall–Kier alpha value is -2.95. The fourth-order valence-corrected chi connectivity index (χ4v) is 4.87. The van der Waals surface area contributed by atoms with Crippen molar-refractivity contribution in [2.75, 3.05) is 10.6 Å². The van der Waals surface area contributed by atoms with E-state index in [1.54, 1.807) is 13.0 Å². The van der Waals surface area contributed by atoms with Crippen LogP contribution in [0, 0.1) is 12.7 Å². The number of hydrogen-bond acceptors (Lipinski definition) is 5. The van der Waals surface area contributed by atoms with Gasteiger partial charge < -0.3 is 10.6 Å². The molecule has 0 aliphatic carbocycles. The van der Waals surface area contributed by atoms with Crippen LogP contribution in [0.3, 0.4) is 0 Å². The Morgan fingerprint density at radius 3 is 2.43 bits per heavy atom. The molecule has 0 unspecified atom stereocenters. The zero-order chi connectivity index (χ0) is 21.9. The van der Waals surface area contributed by atoms with Crippen LogP contribution in [0.15, 0.2) is 58.8 Å². The summed E-state index contributed by atoms with van der Waals surface area (Å²) in [6, 6.07) is 11.6. The molecule has 0 atom stereocenters. The fourth-order valence-electron chi connectivity index (χ4n) is 2.48. The Kier molecular flexibility index (Phi) is 6.40. The van der Waals surface area contributed by atoms with E-state index >= 15 is 0 Å². The van der Waals surface area contributed by atoms with Crippen molar-refractivity contribution in [3.8, 4) is 0 Å². The predicted molar refractivity (Wildman–Crippen MR) is 114 cm³/mol. The molecule has 7 nitrogen and oxygen atoms in total. The predicted octanol–water partition coefficient (Wildman–Crippen LogP) is 4.61. The molecule has 11 heteroatoms. The second-order valence-corrected chi connectivity index (χ2v) is 9.74. The van der Waals surface area contributed by atoms with E-state index in [2.05, 4.69) is 10.6 Å². The Morgan fingerprint density at radius 2 is 1.80 bits per heavy atom. The van der Waals surface area contributed by atoms with Crippen molar-refractivity contribution in [3.05, 3.63) is 75.9 Å². The average Bonchev–Trinajstić information content (AvgIpc) is 3.11. The molecule has 0 fully saturated rings. The number of thiophene rings is 1. The zero-order valence-electron chi connectivity index (χ0n) is 15.4. The highest BCUT2D eigenvalue weighted by Crippen LogP contribution is 2.25. The first-order valence-corrected chi connectivity index (χ1v) is 11.1. The lowest BCUT2D eigenvalue weighted by Crippen LogP contribution is -2.33. The number of carbonyl (C=O) groups excluding carboxylic acids is 2. The molecular formula is C19H15ClFN3O4S2. The minimum Gasteiger partial charge on any atom is -0.322 e. The third kappa shape index (κ3) is 5.35. The number of urea groups is 1. The standard InChI is InChI=1S/C19H15ClFN3O4S2/c1-11-9-14(22-19(26)24-30(27,28)17-8-7-16(20)29-17)5-6-15(11)23-18(25)12-3-2-4-13(21)10-12/h2-10H,1H3,(H,23,25)(H2,22,24,26). The SMILES string of the molecule is Cc1cc(NC(=O)NS(=O)(=O)c2ccc(Cl)s2)ccc1NC(=O)c1cccc(F)c1. The first-order chi connectivity index (χ1) is 14.1. The first kappa shape index (κ1) is 21.8. The van der Waals surface area contributed by atoms with Crippen LogP contribution in [0.25, 0.3) is 0 Å². The zero-order valence-corrected chi connectivity index (χ0v) is 17.8. The van der Waals surface area contributed by atoms with Crippen molar-refractivity contribution in [2.24, 2.45) is 0 Å². The Morgan fingerprint density at radius 1 is 1.03 bits per heavy atom. The fraction of sp³-hybridized carbons (Fsp3) is 0.0526. The van der Waals surface area contributed by atoms with E-state index in [9.17, 15) is 22.4 Å². The molecular weight excluding hydrogens is 453 g/mol. The monoisotopic (exact) mass is 467 g/mol. The molecule has 1 aromatic heterocycles. The highest BCUT2D eigenvalue weighted by molar-refractivity contribution is 7.92. The van der Waals surface area contributed by atoms with Gasteiger partial charge >= 0.3 is 6.03 Å². The van der Waals surface area contributed by atoms with Gasteiger partial charge in [0.2, 0.25) is 0 Å². The molecule has 1 heterocycles. The largest absolute Gasteiger partial charge is 0.333 e. The molecule has 0 radical (unpaired) electrons. The van der Waals surface area contributed by atoms with Crippen molar-refractivity contribution in [2.45, 2.75) is 11.1 Å². The maximum atomic E-state index is 13.3. The lowest BCUT2D eigenvalue weighted by atomic mass is 10.1. The molecule has 30 heavy (non-hydrogen) atoms. The summed E-state index contributed by atoms with van der Waals surface area (Å²) in [6.07, 6.45) is 0. The summed E-state index contributed by atoms with van der Waals surface area (Å²) < 4.78 is 39.7. The van der Waals surface area contributed by atoms with Crippen LogP contribution in [-0.4, -0.2) is 20.4 Å². The van der Waals surface area contributed by atoms with Crippen molar-refractivity contribution in [1.82, 2.24) is 4.72 Å². The number of carbonyl (C=O) groups is 2. The lowest BCUT2D eigenvalue weighted by molar-refractivity contribution is 0.102. The smallest absolute Gasteiger partial charge is 0.322 e. The average molecular weight is 468 g/mol. The molecule has 156 valence electrons. The minimum atomic E-state index is -4.04. The van der Waals surface area contributed by atoms with Crippen molar-refractivity contribution in [3.63, 3.8) is 0 Å². The van der Waals surface area contributed by atoms with Gasteiger partial charge in [0.25, 0.3) is 15.9 Å². The number of rotatable bonds is 5. The molecule has 0 saturated heterocycles. The molecule has 0 aliphatic heterocycles. The van der Waals surface area contributed by atoms with Gasteiger partial charge in [0.1, 0.15) is 10.0 Å². The van der Waals surface area contributed by atoms with Crippen LogP contribution >= 0.6 is 22.9 Å². The van der Waals surface area contributed by atoms with Gasteiger partial charge in [0.15, 0.2) is 0 Å². The maximum Gasteiger partial charge on any atom is 0.333 e. The molecule has 0 aliphatic rings. The van der Waals surface area contributed by atoms with E-state index in [1.165, 1.54) is 42.5 Å². The van der Waals surface area contributed by atoms with Crippen LogP contribution in [0.1, 0.15) is 15.9 Å². The van der Waals surface area contributed by atoms with Crippen LogP contribution < -0.4 is 15.4 Å². The van der Waals surface area contributed by atoms with Crippen molar-refractivity contribution < 1.29 is 22.4 Å². The highest BCUT2D eigenvalue weighted by Gasteiger charge is 2.20. The topological polar surface area (TPSA) is 104 Å². The van der Waals surface area contributed by atoms with Gasteiger partial charge in [-0.2, -0.15) is 0 Å². The van der Waals surface area contributed by atoms with Crippen LogP contribution in [-0.2, 0) is 10.0 Å². The number of benzene rings is 2. The summed E-state index contributed by atoms with van der Waals surface area (Å²) in [5, 5.41) is 5.07. The van der Waals surface area contributed by atoms with Gasteiger partial charge in [0.05, 0.1) is 4.34 Å². The van der Waals surface area contributed by atoms with E-state index in [0.717, 1.165) is 17.4 Å². The number of sulfonamides is 1. The second kappa shape index (κ2) is 8.82. The molecule has 2 aromatic carbocycles. The Labute approximate surface area is 180 Å². The third-order valence-electron chi connectivity index (χ3n) is 3.86. The van der Waals surface area contributed by atoms with E-state index in [0.29, 0.717) is 16.9 Å². The third-order valence-corrected chi connectivity index (χ3v) is 6.91. The van der Waals surface area contributed by atoms with E-state index in [4.69, 9.17) is 11.6 Å². The number of halogens is 2. The number of amides is 3. The van der Waals surface area contributed by atoms with Gasteiger partial charge in [-0.15, -0.1) is 11.3 Å². The normalized spacial score (nSPS) is 11.0. The molecule has 3 N–H and O–H groups in total.